The topological polar surface area (TPSA) is 70.9 Å². The molecule has 0 aliphatic rings. The molecule has 0 unspecified atom stereocenters. The minimum absolute atomic E-state index is 0.0347. The lowest BCUT2D eigenvalue weighted by Gasteiger charge is -2.06. The van der Waals surface area contributed by atoms with Gasteiger partial charge in [0.2, 0.25) is 0 Å². The Morgan fingerprint density at radius 2 is 1.81 bits per heavy atom. The Kier molecular flexibility index (Phi) is 6.43. The fourth-order valence-electron chi connectivity index (χ4n) is 2.27. The Morgan fingerprint density at radius 1 is 1.07 bits per heavy atom. The second-order valence-corrected chi connectivity index (χ2v) is 6.98. The standard InChI is InChI=1S/C21H17IN2O3/c22-18-8-4-16(5-9-18)14-27-20-10-6-15(7-11-20)13-23-24-21(26)17-2-1-3-19(25)12-17/h1-13,25H,14H2,(H,24,26)/b23-13+. The van der Waals surface area contributed by atoms with E-state index in [4.69, 9.17) is 4.74 Å². The largest absolute Gasteiger partial charge is 0.508 e. The number of aromatic hydroxyl groups is 1. The zero-order valence-corrected chi connectivity index (χ0v) is 16.5. The molecule has 0 radical (unpaired) electrons. The van der Waals surface area contributed by atoms with Crippen molar-refractivity contribution < 1.29 is 14.6 Å². The monoisotopic (exact) mass is 472 g/mol. The molecular weight excluding hydrogens is 455 g/mol. The van der Waals surface area contributed by atoms with E-state index < -0.39 is 0 Å². The zero-order chi connectivity index (χ0) is 19.1. The van der Waals surface area contributed by atoms with Crippen molar-refractivity contribution in [3.63, 3.8) is 0 Å². The highest BCUT2D eigenvalue weighted by molar-refractivity contribution is 14.1. The van der Waals surface area contributed by atoms with Gasteiger partial charge < -0.3 is 9.84 Å². The maximum atomic E-state index is 11.9. The second-order valence-electron chi connectivity index (χ2n) is 5.73. The number of rotatable bonds is 6. The van der Waals surface area contributed by atoms with Crippen LogP contribution in [0.25, 0.3) is 0 Å². The van der Waals surface area contributed by atoms with E-state index in [-0.39, 0.29) is 11.7 Å². The first kappa shape index (κ1) is 18.9. The van der Waals surface area contributed by atoms with E-state index >= 15 is 0 Å². The molecule has 0 aromatic heterocycles. The molecule has 0 aliphatic heterocycles. The number of phenols is 1. The summed E-state index contributed by atoms with van der Waals surface area (Å²) in [5.74, 6) is 0.404. The van der Waals surface area contributed by atoms with Crippen LogP contribution in [-0.2, 0) is 6.61 Å². The van der Waals surface area contributed by atoms with E-state index in [1.54, 1.807) is 18.3 Å². The van der Waals surface area contributed by atoms with Crippen molar-refractivity contribution in [3.8, 4) is 11.5 Å². The summed E-state index contributed by atoms with van der Waals surface area (Å²) in [5, 5.41) is 13.3. The van der Waals surface area contributed by atoms with Crippen LogP contribution in [0.15, 0.2) is 77.9 Å². The molecule has 3 rings (SSSR count). The number of hydrogen-bond acceptors (Lipinski definition) is 4. The molecule has 1 amide bonds. The number of hydrazone groups is 1. The summed E-state index contributed by atoms with van der Waals surface area (Å²) in [6.07, 6.45) is 1.55. The fraction of sp³-hybridized carbons (Fsp3) is 0.0476. The molecule has 27 heavy (non-hydrogen) atoms. The maximum Gasteiger partial charge on any atom is 0.271 e. The summed E-state index contributed by atoms with van der Waals surface area (Å²) >= 11 is 2.27. The molecule has 3 aromatic rings. The lowest BCUT2D eigenvalue weighted by Crippen LogP contribution is -2.17. The Hall–Kier alpha value is -2.87. The van der Waals surface area contributed by atoms with Crippen LogP contribution in [0.4, 0.5) is 0 Å². The maximum absolute atomic E-state index is 11.9. The number of carbonyl (C=O) groups excluding carboxylic acids is 1. The first-order chi connectivity index (χ1) is 13.1. The van der Waals surface area contributed by atoms with E-state index in [1.165, 1.54) is 15.7 Å². The second kappa shape index (κ2) is 9.18. The quantitative estimate of drug-likeness (QED) is 0.319. The number of nitrogens with one attached hydrogen (secondary N) is 1. The molecule has 0 saturated heterocycles. The number of hydrogen-bond donors (Lipinski definition) is 2. The van der Waals surface area contributed by atoms with Gasteiger partial charge in [-0.25, -0.2) is 5.43 Å². The fourth-order valence-corrected chi connectivity index (χ4v) is 2.63. The highest BCUT2D eigenvalue weighted by Gasteiger charge is 2.04. The molecule has 6 heteroatoms. The Balaban J connectivity index is 1.51. The van der Waals surface area contributed by atoms with E-state index in [1.807, 2.05) is 48.5 Å². The van der Waals surface area contributed by atoms with Crippen LogP contribution in [0, 0.1) is 3.57 Å². The molecule has 0 aliphatic carbocycles. The Labute approximate surface area is 170 Å². The van der Waals surface area contributed by atoms with Gasteiger partial charge in [-0.2, -0.15) is 5.10 Å². The summed E-state index contributed by atoms with van der Waals surface area (Å²) in [4.78, 5) is 11.9. The number of amides is 1. The van der Waals surface area contributed by atoms with Crippen molar-refractivity contribution in [2.24, 2.45) is 5.10 Å². The third-order valence-corrected chi connectivity index (χ3v) is 4.41. The van der Waals surface area contributed by atoms with Gasteiger partial charge in [-0.3, -0.25) is 4.79 Å². The van der Waals surface area contributed by atoms with Gasteiger partial charge in [-0.05, 0) is 88.3 Å². The number of nitrogens with zero attached hydrogens (tertiary/aromatic N) is 1. The first-order valence-corrected chi connectivity index (χ1v) is 9.28. The van der Waals surface area contributed by atoms with Crippen molar-refractivity contribution in [2.75, 3.05) is 0 Å². The van der Waals surface area contributed by atoms with Crippen LogP contribution in [0.2, 0.25) is 0 Å². The lowest BCUT2D eigenvalue weighted by molar-refractivity contribution is 0.0954. The van der Waals surface area contributed by atoms with Gasteiger partial charge >= 0.3 is 0 Å². The van der Waals surface area contributed by atoms with Gasteiger partial charge in [0.15, 0.2) is 0 Å². The van der Waals surface area contributed by atoms with Crippen molar-refractivity contribution in [1.82, 2.24) is 5.43 Å². The summed E-state index contributed by atoms with van der Waals surface area (Å²) in [6.45, 7) is 0.504. The van der Waals surface area contributed by atoms with Crippen LogP contribution in [0.1, 0.15) is 21.5 Å². The SMILES string of the molecule is O=C(N/N=C/c1ccc(OCc2ccc(I)cc2)cc1)c1cccc(O)c1. The summed E-state index contributed by atoms with van der Waals surface area (Å²) in [6, 6.07) is 21.7. The molecule has 0 heterocycles. The molecular formula is C21H17IN2O3. The molecule has 5 nitrogen and oxygen atoms in total. The highest BCUT2D eigenvalue weighted by atomic mass is 127. The van der Waals surface area contributed by atoms with Crippen LogP contribution in [0.5, 0.6) is 11.5 Å². The third-order valence-electron chi connectivity index (χ3n) is 3.69. The van der Waals surface area contributed by atoms with Crippen molar-refractivity contribution in [1.29, 1.82) is 0 Å². The average Bonchev–Trinajstić information content (AvgIpc) is 2.68. The molecule has 136 valence electrons. The minimum Gasteiger partial charge on any atom is -0.508 e. The van der Waals surface area contributed by atoms with Gasteiger partial charge in [-0.1, -0.05) is 18.2 Å². The van der Waals surface area contributed by atoms with Crippen molar-refractivity contribution in [3.05, 3.63) is 93.1 Å². The van der Waals surface area contributed by atoms with E-state index in [0.29, 0.717) is 12.2 Å². The van der Waals surface area contributed by atoms with Crippen LogP contribution in [-0.4, -0.2) is 17.2 Å². The van der Waals surface area contributed by atoms with Crippen LogP contribution < -0.4 is 10.2 Å². The summed E-state index contributed by atoms with van der Waals surface area (Å²) in [7, 11) is 0. The Morgan fingerprint density at radius 3 is 2.52 bits per heavy atom. The number of ether oxygens (including phenoxy) is 1. The molecule has 0 saturated carbocycles. The van der Waals surface area contributed by atoms with Gasteiger partial charge in [0.05, 0.1) is 6.21 Å². The molecule has 0 spiro atoms. The van der Waals surface area contributed by atoms with Crippen LogP contribution >= 0.6 is 22.6 Å². The smallest absolute Gasteiger partial charge is 0.271 e. The molecule has 0 bridgehead atoms. The average molecular weight is 472 g/mol. The van der Waals surface area contributed by atoms with E-state index in [9.17, 15) is 9.90 Å². The lowest BCUT2D eigenvalue weighted by atomic mass is 10.2. The minimum atomic E-state index is -0.389. The summed E-state index contributed by atoms with van der Waals surface area (Å²) in [5.41, 5.74) is 4.70. The number of phenolic OH excluding ortho intramolecular Hbond substituents is 1. The number of halogens is 1. The molecule has 0 fully saturated rings. The van der Waals surface area contributed by atoms with Gasteiger partial charge in [0.25, 0.3) is 5.91 Å². The van der Waals surface area contributed by atoms with Crippen molar-refractivity contribution >= 4 is 34.7 Å². The molecule has 3 aromatic carbocycles. The molecule has 0 atom stereocenters. The Bertz CT molecular complexity index is 938. The zero-order valence-electron chi connectivity index (χ0n) is 14.3. The van der Waals surface area contributed by atoms with Gasteiger partial charge in [0.1, 0.15) is 18.1 Å². The number of benzene rings is 3. The van der Waals surface area contributed by atoms with E-state index in [2.05, 4.69) is 33.1 Å². The van der Waals surface area contributed by atoms with Gasteiger partial charge in [-0.15, -0.1) is 0 Å². The van der Waals surface area contributed by atoms with Crippen LogP contribution in [0.3, 0.4) is 0 Å². The van der Waals surface area contributed by atoms with E-state index in [0.717, 1.165) is 16.9 Å². The number of carbonyl (C=O) groups is 1. The molecule has 2 N–H and O–H groups in total. The van der Waals surface area contributed by atoms with Gasteiger partial charge in [0, 0.05) is 9.13 Å². The third kappa shape index (κ3) is 5.82. The van der Waals surface area contributed by atoms with Crippen molar-refractivity contribution in [2.45, 2.75) is 6.61 Å². The predicted molar refractivity (Wildman–Crippen MR) is 113 cm³/mol. The normalized spacial score (nSPS) is 10.7. The first-order valence-electron chi connectivity index (χ1n) is 8.20. The highest BCUT2D eigenvalue weighted by Crippen LogP contribution is 2.14. The summed E-state index contributed by atoms with van der Waals surface area (Å²) < 4.78 is 6.95. The predicted octanol–water partition coefficient (Wildman–Crippen LogP) is 4.34.